The normalized spacial score (nSPS) is 22.4. The molecule has 0 aliphatic carbocycles. The predicted molar refractivity (Wildman–Crippen MR) is 79.6 cm³/mol. The van der Waals surface area contributed by atoms with Crippen molar-refractivity contribution in [2.45, 2.75) is 32.4 Å². The molecule has 2 rings (SSSR count). The summed E-state index contributed by atoms with van der Waals surface area (Å²) in [4.78, 5) is 2.35. The fourth-order valence-electron chi connectivity index (χ4n) is 2.63. The lowest BCUT2D eigenvalue weighted by Crippen LogP contribution is -2.52. The molecule has 0 radical (unpaired) electrons. The monoisotopic (exact) mass is 262 g/mol. The lowest BCUT2D eigenvalue weighted by Gasteiger charge is -2.35. The van der Waals surface area contributed by atoms with Crippen molar-refractivity contribution in [3.8, 4) is 0 Å². The summed E-state index contributed by atoms with van der Waals surface area (Å²) >= 11 is 0. The third kappa shape index (κ3) is 4.30. The summed E-state index contributed by atoms with van der Waals surface area (Å²) in [7, 11) is 2.17. The highest BCUT2D eigenvalue weighted by molar-refractivity contribution is 5.22. The first-order valence-corrected chi connectivity index (χ1v) is 7.28. The molecule has 1 aromatic carbocycles. The molecule has 106 valence electrons. The van der Waals surface area contributed by atoms with Crippen molar-refractivity contribution in [1.29, 1.82) is 0 Å². The minimum absolute atomic E-state index is 0.292. The maximum absolute atomic E-state index is 5.95. The zero-order valence-electron chi connectivity index (χ0n) is 12.4. The van der Waals surface area contributed by atoms with Crippen molar-refractivity contribution in [2.24, 2.45) is 0 Å². The summed E-state index contributed by atoms with van der Waals surface area (Å²) in [6.45, 7) is 8.18. The number of ether oxygens (including phenoxy) is 1. The van der Waals surface area contributed by atoms with Gasteiger partial charge in [-0.1, -0.05) is 36.8 Å². The van der Waals surface area contributed by atoms with Gasteiger partial charge in [0.15, 0.2) is 0 Å². The summed E-state index contributed by atoms with van der Waals surface area (Å²) in [5.74, 6) is 0. The molecule has 19 heavy (non-hydrogen) atoms. The van der Waals surface area contributed by atoms with Crippen LogP contribution < -0.4 is 5.32 Å². The zero-order chi connectivity index (χ0) is 13.7. The van der Waals surface area contributed by atoms with E-state index in [4.69, 9.17) is 4.74 Å². The summed E-state index contributed by atoms with van der Waals surface area (Å²) in [5.41, 5.74) is 2.70. The summed E-state index contributed by atoms with van der Waals surface area (Å²) in [6.07, 6.45) is 1.33. The molecule has 0 amide bonds. The number of hydrogen-bond donors (Lipinski definition) is 1. The molecule has 1 fully saturated rings. The number of nitrogens with one attached hydrogen (secondary N) is 1. The van der Waals surface area contributed by atoms with Crippen molar-refractivity contribution in [3.05, 3.63) is 35.4 Å². The molecular weight excluding hydrogens is 236 g/mol. The van der Waals surface area contributed by atoms with Gasteiger partial charge in [0.05, 0.1) is 12.7 Å². The van der Waals surface area contributed by atoms with Gasteiger partial charge in [-0.2, -0.15) is 0 Å². The Morgan fingerprint density at radius 2 is 2.11 bits per heavy atom. The van der Waals surface area contributed by atoms with E-state index in [1.54, 1.807) is 0 Å². The van der Waals surface area contributed by atoms with Gasteiger partial charge in [-0.15, -0.1) is 0 Å². The van der Waals surface area contributed by atoms with E-state index in [-0.39, 0.29) is 0 Å². The Morgan fingerprint density at radius 3 is 2.74 bits per heavy atom. The molecule has 1 heterocycles. The van der Waals surface area contributed by atoms with Crippen LogP contribution in [-0.4, -0.2) is 50.3 Å². The van der Waals surface area contributed by atoms with Crippen LogP contribution in [0, 0.1) is 6.92 Å². The summed E-state index contributed by atoms with van der Waals surface area (Å²) in [6, 6.07) is 9.23. The second kappa shape index (κ2) is 7.04. The number of morpholine rings is 1. The van der Waals surface area contributed by atoms with E-state index in [0.29, 0.717) is 12.1 Å². The van der Waals surface area contributed by atoms with Crippen molar-refractivity contribution >= 4 is 0 Å². The molecule has 2 atom stereocenters. The standard InChI is InChI=1S/C16H26N2O/c1-4-17-15(16-12-18(3)9-10-19-16)11-14-7-5-13(2)6-8-14/h5-8,15-17H,4,9-12H2,1-3H3. The third-order valence-corrected chi connectivity index (χ3v) is 3.79. The minimum atomic E-state index is 0.292. The quantitative estimate of drug-likeness (QED) is 0.876. The van der Waals surface area contributed by atoms with Gasteiger partial charge in [0.1, 0.15) is 0 Å². The fourth-order valence-corrected chi connectivity index (χ4v) is 2.63. The van der Waals surface area contributed by atoms with Gasteiger partial charge in [0, 0.05) is 19.1 Å². The van der Waals surface area contributed by atoms with Crippen LogP contribution >= 0.6 is 0 Å². The molecule has 2 unspecified atom stereocenters. The molecule has 1 aliphatic rings. The van der Waals surface area contributed by atoms with E-state index in [1.165, 1.54) is 11.1 Å². The van der Waals surface area contributed by atoms with E-state index in [9.17, 15) is 0 Å². The summed E-state index contributed by atoms with van der Waals surface area (Å²) in [5, 5.41) is 3.58. The maximum atomic E-state index is 5.95. The molecule has 1 aromatic rings. The second-order valence-electron chi connectivity index (χ2n) is 5.53. The summed E-state index contributed by atoms with van der Waals surface area (Å²) < 4.78 is 5.95. The lowest BCUT2D eigenvalue weighted by atomic mass is 9.99. The number of hydrogen-bond acceptors (Lipinski definition) is 3. The first-order valence-electron chi connectivity index (χ1n) is 7.28. The molecule has 0 spiro atoms. The Bertz CT molecular complexity index is 377. The molecule has 3 nitrogen and oxygen atoms in total. The molecule has 1 N–H and O–H groups in total. The van der Waals surface area contributed by atoms with Gasteiger partial charge >= 0.3 is 0 Å². The van der Waals surface area contributed by atoms with Crippen LogP contribution in [0.1, 0.15) is 18.1 Å². The van der Waals surface area contributed by atoms with Crippen LogP contribution in [-0.2, 0) is 11.2 Å². The molecule has 3 heteroatoms. The van der Waals surface area contributed by atoms with Gasteiger partial charge in [0.2, 0.25) is 0 Å². The van der Waals surface area contributed by atoms with Crippen LogP contribution in [0.2, 0.25) is 0 Å². The van der Waals surface area contributed by atoms with E-state index in [0.717, 1.165) is 32.7 Å². The van der Waals surface area contributed by atoms with Crippen LogP contribution in [0.4, 0.5) is 0 Å². The largest absolute Gasteiger partial charge is 0.374 e. The SMILES string of the molecule is CCNC(Cc1ccc(C)cc1)C1CN(C)CCO1. The number of rotatable bonds is 5. The maximum Gasteiger partial charge on any atom is 0.0858 e. The Hall–Kier alpha value is -0.900. The number of nitrogens with zero attached hydrogens (tertiary/aromatic N) is 1. The number of aryl methyl sites for hydroxylation is 1. The first kappa shape index (κ1) is 14.5. The average Bonchev–Trinajstić information content (AvgIpc) is 2.41. The fraction of sp³-hybridized carbons (Fsp3) is 0.625. The van der Waals surface area contributed by atoms with Gasteiger partial charge in [-0.25, -0.2) is 0 Å². The Balaban J connectivity index is 2.00. The topological polar surface area (TPSA) is 24.5 Å². The number of benzene rings is 1. The average molecular weight is 262 g/mol. The van der Waals surface area contributed by atoms with Crippen molar-refractivity contribution in [3.63, 3.8) is 0 Å². The molecule has 1 aliphatic heterocycles. The van der Waals surface area contributed by atoms with Crippen LogP contribution in [0.25, 0.3) is 0 Å². The van der Waals surface area contributed by atoms with Crippen LogP contribution in [0.3, 0.4) is 0 Å². The number of likely N-dealkylation sites (N-methyl/N-ethyl adjacent to an activating group) is 2. The van der Waals surface area contributed by atoms with Crippen LogP contribution in [0.15, 0.2) is 24.3 Å². The highest BCUT2D eigenvalue weighted by Crippen LogP contribution is 2.13. The van der Waals surface area contributed by atoms with Crippen molar-refractivity contribution in [1.82, 2.24) is 10.2 Å². The molecule has 0 aromatic heterocycles. The highest BCUT2D eigenvalue weighted by Gasteiger charge is 2.26. The lowest BCUT2D eigenvalue weighted by molar-refractivity contribution is -0.0381. The van der Waals surface area contributed by atoms with E-state index in [1.807, 2.05) is 0 Å². The zero-order valence-corrected chi connectivity index (χ0v) is 12.4. The molecule has 0 saturated carbocycles. The Labute approximate surface area is 116 Å². The Morgan fingerprint density at radius 1 is 1.37 bits per heavy atom. The third-order valence-electron chi connectivity index (χ3n) is 3.79. The second-order valence-corrected chi connectivity index (χ2v) is 5.53. The molecule has 1 saturated heterocycles. The first-order chi connectivity index (χ1) is 9.19. The van der Waals surface area contributed by atoms with Crippen LogP contribution in [0.5, 0.6) is 0 Å². The van der Waals surface area contributed by atoms with Gasteiger partial charge < -0.3 is 15.0 Å². The van der Waals surface area contributed by atoms with Crippen molar-refractivity contribution in [2.75, 3.05) is 33.3 Å². The van der Waals surface area contributed by atoms with Gasteiger partial charge in [0.25, 0.3) is 0 Å². The molecule has 0 bridgehead atoms. The van der Waals surface area contributed by atoms with E-state index < -0.39 is 0 Å². The van der Waals surface area contributed by atoms with E-state index in [2.05, 4.69) is 55.4 Å². The minimum Gasteiger partial charge on any atom is -0.374 e. The highest BCUT2D eigenvalue weighted by atomic mass is 16.5. The van der Waals surface area contributed by atoms with Crippen molar-refractivity contribution < 1.29 is 4.74 Å². The predicted octanol–water partition coefficient (Wildman–Crippen LogP) is 1.85. The van der Waals surface area contributed by atoms with Gasteiger partial charge in [-0.3, -0.25) is 0 Å². The Kier molecular flexibility index (Phi) is 5.37. The smallest absolute Gasteiger partial charge is 0.0858 e. The molecular formula is C16H26N2O. The van der Waals surface area contributed by atoms with Gasteiger partial charge in [-0.05, 0) is 32.5 Å². The van der Waals surface area contributed by atoms with E-state index >= 15 is 0 Å².